The van der Waals surface area contributed by atoms with Crippen LogP contribution >= 0.6 is 11.6 Å². The Kier molecular flexibility index (Phi) is 8.03. The molecule has 0 bridgehead atoms. The zero-order valence-corrected chi connectivity index (χ0v) is 23.3. The number of hydrogen-bond acceptors (Lipinski definition) is 6. The molecule has 0 atom stereocenters. The van der Waals surface area contributed by atoms with Crippen LogP contribution in [-0.2, 0) is 0 Å². The molecule has 5 rings (SSSR count). The molecule has 4 aromatic carbocycles. The normalized spacial score (nSPS) is 11.0. The lowest BCUT2D eigenvalue weighted by Gasteiger charge is -2.10. The minimum Gasteiger partial charge on any atom is -0.495 e. The van der Waals surface area contributed by atoms with Crippen LogP contribution in [0.15, 0.2) is 90.0 Å². The Labute approximate surface area is 241 Å². The first-order chi connectivity index (χ1) is 19.9. The molecular weight excluding hydrogens is 542 g/mol. The van der Waals surface area contributed by atoms with Crippen molar-refractivity contribution >= 4 is 40.6 Å². The number of nitrogens with one attached hydrogen (secondary N) is 2. The maximum atomic E-state index is 13.3. The second kappa shape index (κ2) is 12.0. The maximum Gasteiger partial charge on any atom is 0.343 e. The molecule has 9 heteroatoms. The Morgan fingerprint density at radius 3 is 2.41 bits per heavy atom. The van der Waals surface area contributed by atoms with Gasteiger partial charge in [-0.15, -0.1) is 0 Å². The summed E-state index contributed by atoms with van der Waals surface area (Å²) in [5, 5.41) is 5.43. The Morgan fingerprint density at radius 1 is 0.878 bits per heavy atom. The van der Waals surface area contributed by atoms with Gasteiger partial charge in [0.05, 0.1) is 31.5 Å². The van der Waals surface area contributed by atoms with Crippen LogP contribution in [0.25, 0.3) is 22.0 Å². The Bertz CT molecular complexity index is 1790. The molecule has 0 saturated carbocycles. The lowest BCUT2D eigenvalue weighted by molar-refractivity contribution is 0.0729. The van der Waals surface area contributed by atoms with Gasteiger partial charge in [-0.1, -0.05) is 59.6 Å². The van der Waals surface area contributed by atoms with Crippen molar-refractivity contribution in [2.75, 3.05) is 14.2 Å². The van der Waals surface area contributed by atoms with E-state index in [2.05, 4.69) is 15.5 Å². The molecule has 0 fully saturated rings. The number of rotatable bonds is 8. The van der Waals surface area contributed by atoms with E-state index in [1.165, 1.54) is 13.3 Å². The van der Waals surface area contributed by atoms with Gasteiger partial charge >= 0.3 is 5.97 Å². The van der Waals surface area contributed by atoms with Gasteiger partial charge in [0.15, 0.2) is 11.5 Å². The molecule has 41 heavy (non-hydrogen) atoms. The Balaban J connectivity index is 1.38. The van der Waals surface area contributed by atoms with E-state index in [0.29, 0.717) is 44.3 Å². The first-order valence-electron chi connectivity index (χ1n) is 12.6. The molecule has 0 unspecified atom stereocenters. The number of carbonyl (C=O) groups is 2. The van der Waals surface area contributed by atoms with E-state index in [1.807, 2.05) is 49.4 Å². The first kappa shape index (κ1) is 27.5. The van der Waals surface area contributed by atoms with Crippen molar-refractivity contribution in [2.24, 2.45) is 5.10 Å². The molecule has 0 saturated heterocycles. The number of hydrogen-bond donors (Lipinski definition) is 2. The molecule has 1 heterocycles. The number of benzene rings is 4. The van der Waals surface area contributed by atoms with Crippen LogP contribution in [0, 0.1) is 6.92 Å². The predicted octanol–water partition coefficient (Wildman–Crippen LogP) is 6.80. The number of H-pyrrole nitrogens is 1. The highest BCUT2D eigenvalue weighted by atomic mass is 35.5. The summed E-state index contributed by atoms with van der Waals surface area (Å²) >= 11 is 6.52. The first-order valence-corrected chi connectivity index (χ1v) is 13.0. The third-order valence-corrected chi connectivity index (χ3v) is 6.74. The molecule has 0 spiro atoms. The molecular formula is C32H26ClN3O5. The molecule has 206 valence electrons. The zero-order chi connectivity index (χ0) is 28.9. The summed E-state index contributed by atoms with van der Waals surface area (Å²) in [6, 6.07) is 24.9. The molecule has 2 N–H and O–H groups in total. The van der Waals surface area contributed by atoms with Crippen LogP contribution in [0.3, 0.4) is 0 Å². The number of carbonyl (C=O) groups excluding carboxylic acids is 2. The number of aromatic nitrogens is 1. The topological polar surface area (TPSA) is 102 Å². The van der Waals surface area contributed by atoms with Gasteiger partial charge in [-0.05, 0) is 55.0 Å². The molecule has 0 aliphatic rings. The van der Waals surface area contributed by atoms with Gasteiger partial charge in [0.1, 0.15) is 11.4 Å². The van der Waals surface area contributed by atoms with Crippen molar-refractivity contribution in [3.63, 3.8) is 0 Å². The Morgan fingerprint density at radius 2 is 1.66 bits per heavy atom. The van der Waals surface area contributed by atoms with Crippen LogP contribution in [0.4, 0.5) is 0 Å². The second-order valence-corrected chi connectivity index (χ2v) is 9.51. The molecule has 8 nitrogen and oxygen atoms in total. The van der Waals surface area contributed by atoms with Crippen molar-refractivity contribution in [3.05, 3.63) is 112 Å². The number of methoxy groups -OCH3 is 2. The largest absolute Gasteiger partial charge is 0.495 e. The van der Waals surface area contributed by atoms with Gasteiger partial charge in [0, 0.05) is 21.5 Å². The quantitative estimate of drug-likeness (QED) is 0.0929. The van der Waals surface area contributed by atoms with Crippen LogP contribution in [0.2, 0.25) is 5.02 Å². The third kappa shape index (κ3) is 5.78. The number of fused-ring (bicyclic) bond motifs is 1. The van der Waals surface area contributed by atoms with Gasteiger partial charge in [-0.3, -0.25) is 4.79 Å². The van der Waals surface area contributed by atoms with Gasteiger partial charge in [-0.2, -0.15) is 5.10 Å². The minimum absolute atomic E-state index is 0.261. The minimum atomic E-state index is -0.495. The highest BCUT2D eigenvalue weighted by Crippen LogP contribution is 2.39. The van der Waals surface area contributed by atoms with E-state index >= 15 is 0 Å². The highest BCUT2D eigenvalue weighted by Gasteiger charge is 2.22. The summed E-state index contributed by atoms with van der Waals surface area (Å²) < 4.78 is 16.5. The van der Waals surface area contributed by atoms with Gasteiger partial charge in [0.25, 0.3) is 5.91 Å². The smallest absolute Gasteiger partial charge is 0.343 e. The fourth-order valence-electron chi connectivity index (χ4n) is 4.48. The lowest BCUT2D eigenvalue weighted by atomic mass is 10.0. The standard InChI is InChI=1S/C32H26ClN3O5/c1-19-8-6-9-21(16-19)32(38)41-25-15-14-20(17-27(25)40-3)18-34-36-31(37)30-28(22-10-4-5-12-24(22)33)23-11-7-13-26(39-2)29(23)35-30/h4-18,35H,1-3H3,(H,36,37). The molecule has 5 aromatic rings. The summed E-state index contributed by atoms with van der Waals surface area (Å²) in [5.74, 6) is 0.227. The molecule has 1 aromatic heterocycles. The van der Waals surface area contributed by atoms with Gasteiger partial charge in [0.2, 0.25) is 0 Å². The summed E-state index contributed by atoms with van der Waals surface area (Å²) in [6.07, 6.45) is 1.46. The Hall–Kier alpha value is -5.08. The van der Waals surface area contributed by atoms with Gasteiger partial charge < -0.3 is 19.2 Å². The van der Waals surface area contributed by atoms with E-state index in [-0.39, 0.29) is 11.4 Å². The molecule has 0 aliphatic heterocycles. The monoisotopic (exact) mass is 567 g/mol. The maximum absolute atomic E-state index is 13.3. The van der Waals surface area contributed by atoms with Crippen molar-refractivity contribution in [1.82, 2.24) is 10.4 Å². The predicted molar refractivity (Wildman–Crippen MR) is 159 cm³/mol. The van der Waals surface area contributed by atoms with Crippen LogP contribution in [0.5, 0.6) is 17.2 Å². The van der Waals surface area contributed by atoms with Crippen LogP contribution in [-0.4, -0.2) is 37.3 Å². The zero-order valence-electron chi connectivity index (χ0n) is 22.5. The number of nitrogens with zero attached hydrogens (tertiary/aromatic N) is 1. The van der Waals surface area contributed by atoms with E-state index in [1.54, 1.807) is 49.6 Å². The number of aromatic amines is 1. The summed E-state index contributed by atoms with van der Waals surface area (Å²) in [6.45, 7) is 1.90. The van der Waals surface area contributed by atoms with Crippen molar-refractivity contribution in [1.29, 1.82) is 0 Å². The number of amides is 1. The van der Waals surface area contributed by atoms with E-state index in [9.17, 15) is 9.59 Å². The molecule has 1 amide bonds. The average molecular weight is 568 g/mol. The van der Waals surface area contributed by atoms with Crippen molar-refractivity contribution in [3.8, 4) is 28.4 Å². The SMILES string of the molecule is COc1cc(C=NNC(=O)c2[nH]c3c(OC)cccc3c2-c2ccccc2Cl)ccc1OC(=O)c1cccc(C)c1. The molecule has 0 radical (unpaired) electrons. The van der Waals surface area contributed by atoms with Crippen molar-refractivity contribution in [2.45, 2.75) is 6.92 Å². The van der Waals surface area contributed by atoms with Crippen LogP contribution in [0.1, 0.15) is 32.0 Å². The van der Waals surface area contributed by atoms with E-state index in [4.69, 9.17) is 25.8 Å². The average Bonchev–Trinajstić information content (AvgIpc) is 3.37. The summed E-state index contributed by atoms with van der Waals surface area (Å²) in [5.41, 5.74) is 6.86. The summed E-state index contributed by atoms with van der Waals surface area (Å²) in [7, 11) is 3.04. The highest BCUT2D eigenvalue weighted by molar-refractivity contribution is 6.34. The van der Waals surface area contributed by atoms with Crippen LogP contribution < -0.4 is 19.6 Å². The fraction of sp³-hybridized carbons (Fsp3) is 0.0938. The fourth-order valence-corrected chi connectivity index (χ4v) is 4.71. The van der Waals surface area contributed by atoms with Crippen molar-refractivity contribution < 1.29 is 23.8 Å². The second-order valence-electron chi connectivity index (χ2n) is 9.11. The number of esters is 1. The van der Waals surface area contributed by atoms with E-state index in [0.717, 1.165) is 10.9 Å². The number of halogens is 1. The third-order valence-electron chi connectivity index (χ3n) is 6.41. The lowest BCUT2D eigenvalue weighted by Crippen LogP contribution is -2.19. The number of aryl methyl sites for hydroxylation is 1. The van der Waals surface area contributed by atoms with Gasteiger partial charge in [-0.25, -0.2) is 10.2 Å². The summed E-state index contributed by atoms with van der Waals surface area (Å²) in [4.78, 5) is 29.1. The number of para-hydroxylation sites is 1. The molecule has 0 aliphatic carbocycles. The number of ether oxygens (including phenoxy) is 3. The van der Waals surface area contributed by atoms with E-state index < -0.39 is 11.9 Å². The number of hydrazone groups is 1.